The Morgan fingerprint density at radius 1 is 1.09 bits per heavy atom. The predicted octanol–water partition coefficient (Wildman–Crippen LogP) is 2.46. The van der Waals surface area contributed by atoms with Crippen LogP contribution in [0, 0.1) is 5.82 Å². The molecule has 1 saturated carbocycles. The molecule has 126 valence electrons. The van der Waals surface area contributed by atoms with Crippen molar-refractivity contribution in [1.29, 1.82) is 0 Å². The number of carbonyl (C=O) groups is 2. The van der Waals surface area contributed by atoms with Gasteiger partial charge in [-0.3, -0.25) is 4.79 Å². The molecule has 0 heterocycles. The zero-order valence-electron chi connectivity index (χ0n) is 13.2. The van der Waals surface area contributed by atoms with Gasteiger partial charge in [0.1, 0.15) is 5.82 Å². The van der Waals surface area contributed by atoms with Gasteiger partial charge in [-0.25, -0.2) is 9.18 Å². The average Bonchev–Trinajstić information content (AvgIpc) is 2.55. The van der Waals surface area contributed by atoms with E-state index in [4.69, 9.17) is 0 Å². The normalized spacial score (nSPS) is 15.0. The Hall–Kier alpha value is -2.11. The summed E-state index contributed by atoms with van der Waals surface area (Å²) in [7, 11) is 0. The van der Waals surface area contributed by atoms with Crippen molar-refractivity contribution in [2.75, 3.05) is 6.54 Å². The number of carbonyl (C=O) groups excluding carboxylic acids is 2. The maximum atomic E-state index is 13.4. The van der Waals surface area contributed by atoms with Crippen LogP contribution in [0.1, 0.15) is 44.1 Å². The van der Waals surface area contributed by atoms with Crippen LogP contribution in [0.3, 0.4) is 0 Å². The summed E-state index contributed by atoms with van der Waals surface area (Å²) in [6.45, 7) is 0.418. The summed E-state index contributed by atoms with van der Waals surface area (Å²) in [5.74, 6) is -0.552. The monoisotopic (exact) mass is 321 g/mol. The molecule has 0 spiro atoms. The molecule has 6 heteroatoms. The third-order valence-electron chi connectivity index (χ3n) is 4.01. The summed E-state index contributed by atoms with van der Waals surface area (Å²) in [5, 5.41) is 8.26. The van der Waals surface area contributed by atoms with Crippen molar-refractivity contribution in [3.63, 3.8) is 0 Å². The van der Waals surface area contributed by atoms with Crippen molar-refractivity contribution in [1.82, 2.24) is 16.0 Å². The first-order chi connectivity index (χ1) is 11.1. The largest absolute Gasteiger partial charge is 0.352 e. The van der Waals surface area contributed by atoms with Gasteiger partial charge in [-0.15, -0.1) is 0 Å². The number of hydrogen-bond donors (Lipinski definition) is 3. The Bertz CT molecular complexity index is 530. The second-order valence-electron chi connectivity index (χ2n) is 5.85. The molecule has 0 atom stereocenters. The number of halogens is 1. The highest BCUT2D eigenvalue weighted by molar-refractivity contribution is 5.78. The maximum absolute atomic E-state index is 13.4. The summed E-state index contributed by atoms with van der Waals surface area (Å²) in [4.78, 5) is 23.4. The zero-order chi connectivity index (χ0) is 16.5. The quantitative estimate of drug-likeness (QED) is 0.753. The van der Waals surface area contributed by atoms with Gasteiger partial charge in [0.15, 0.2) is 0 Å². The number of rotatable bonds is 6. The smallest absolute Gasteiger partial charge is 0.315 e. The minimum absolute atomic E-state index is 0.153. The van der Waals surface area contributed by atoms with Crippen LogP contribution in [0.15, 0.2) is 24.3 Å². The van der Waals surface area contributed by atoms with Gasteiger partial charge in [0.25, 0.3) is 0 Å². The van der Waals surface area contributed by atoms with Crippen LogP contribution in [-0.2, 0) is 11.3 Å². The highest BCUT2D eigenvalue weighted by Gasteiger charge is 2.15. The summed E-state index contributed by atoms with van der Waals surface area (Å²) < 4.78 is 13.4. The van der Waals surface area contributed by atoms with Crippen molar-refractivity contribution in [3.05, 3.63) is 35.6 Å². The third kappa shape index (κ3) is 6.26. The lowest BCUT2D eigenvalue weighted by molar-refractivity contribution is -0.121. The molecule has 2 rings (SSSR count). The van der Waals surface area contributed by atoms with E-state index in [1.54, 1.807) is 18.2 Å². The molecule has 5 nitrogen and oxygen atoms in total. The van der Waals surface area contributed by atoms with E-state index in [0.29, 0.717) is 5.56 Å². The van der Waals surface area contributed by atoms with E-state index in [-0.39, 0.29) is 43.3 Å². The SMILES string of the molecule is O=C(CCNC(=O)NC1CCCCC1)NCc1ccccc1F. The number of amides is 3. The first-order valence-electron chi connectivity index (χ1n) is 8.19. The van der Waals surface area contributed by atoms with Crippen molar-refractivity contribution in [2.45, 2.75) is 51.1 Å². The van der Waals surface area contributed by atoms with Gasteiger partial charge in [-0.2, -0.15) is 0 Å². The third-order valence-corrected chi connectivity index (χ3v) is 4.01. The van der Waals surface area contributed by atoms with E-state index < -0.39 is 0 Å². The Labute approximate surface area is 136 Å². The van der Waals surface area contributed by atoms with Gasteiger partial charge < -0.3 is 16.0 Å². The van der Waals surface area contributed by atoms with Gasteiger partial charge >= 0.3 is 6.03 Å². The lowest BCUT2D eigenvalue weighted by Crippen LogP contribution is -2.43. The summed E-state index contributed by atoms with van der Waals surface area (Å²) in [6, 6.07) is 6.35. The molecule has 0 radical (unpaired) electrons. The molecule has 1 fully saturated rings. The number of urea groups is 1. The first kappa shape index (κ1) is 17.2. The van der Waals surface area contributed by atoms with E-state index in [2.05, 4.69) is 16.0 Å². The fraction of sp³-hybridized carbons (Fsp3) is 0.529. The second-order valence-corrected chi connectivity index (χ2v) is 5.85. The number of nitrogens with one attached hydrogen (secondary N) is 3. The highest BCUT2D eigenvalue weighted by atomic mass is 19.1. The number of benzene rings is 1. The lowest BCUT2D eigenvalue weighted by atomic mass is 9.96. The van der Waals surface area contributed by atoms with Crippen molar-refractivity contribution < 1.29 is 14.0 Å². The standard InChI is InChI=1S/C17H24FN3O2/c18-15-9-5-4-6-13(15)12-20-16(22)10-11-19-17(23)21-14-7-2-1-3-8-14/h4-6,9,14H,1-3,7-8,10-12H2,(H,20,22)(H2,19,21,23). The molecule has 1 aliphatic carbocycles. The molecule has 0 aromatic heterocycles. The fourth-order valence-corrected chi connectivity index (χ4v) is 2.70. The molecule has 0 bridgehead atoms. The molecule has 23 heavy (non-hydrogen) atoms. The van der Waals surface area contributed by atoms with Crippen LogP contribution >= 0.6 is 0 Å². The molecule has 0 saturated heterocycles. The van der Waals surface area contributed by atoms with Crippen molar-refractivity contribution in [2.24, 2.45) is 0 Å². The highest BCUT2D eigenvalue weighted by Crippen LogP contribution is 2.17. The first-order valence-corrected chi connectivity index (χ1v) is 8.19. The minimum atomic E-state index is -0.335. The van der Waals surface area contributed by atoms with Crippen LogP contribution in [0.4, 0.5) is 9.18 Å². The van der Waals surface area contributed by atoms with Gasteiger partial charge in [-0.1, -0.05) is 37.5 Å². The van der Waals surface area contributed by atoms with E-state index >= 15 is 0 Å². The van der Waals surface area contributed by atoms with Gasteiger partial charge in [-0.05, 0) is 18.9 Å². The molecule has 1 aromatic carbocycles. The van der Waals surface area contributed by atoms with Crippen molar-refractivity contribution >= 4 is 11.9 Å². The maximum Gasteiger partial charge on any atom is 0.315 e. The summed E-state index contributed by atoms with van der Waals surface area (Å²) in [6.07, 6.45) is 5.77. The molecular formula is C17H24FN3O2. The second kappa shape index (κ2) is 9.12. The van der Waals surface area contributed by atoms with Gasteiger partial charge in [0.2, 0.25) is 5.91 Å². The molecule has 0 aliphatic heterocycles. The summed E-state index contributed by atoms with van der Waals surface area (Å²) >= 11 is 0. The Kier molecular flexibility index (Phi) is 6.84. The fourth-order valence-electron chi connectivity index (χ4n) is 2.70. The van der Waals surface area contributed by atoms with E-state index in [0.717, 1.165) is 25.7 Å². The molecule has 1 aliphatic rings. The van der Waals surface area contributed by atoms with Crippen molar-refractivity contribution in [3.8, 4) is 0 Å². The molecule has 3 N–H and O–H groups in total. The Morgan fingerprint density at radius 3 is 2.57 bits per heavy atom. The minimum Gasteiger partial charge on any atom is -0.352 e. The average molecular weight is 321 g/mol. The topological polar surface area (TPSA) is 70.2 Å². The van der Waals surface area contributed by atoms with Crippen LogP contribution in [0.2, 0.25) is 0 Å². The Balaban J connectivity index is 1.59. The zero-order valence-corrected chi connectivity index (χ0v) is 13.2. The molecule has 3 amide bonds. The summed E-state index contributed by atoms with van der Waals surface area (Å²) in [5.41, 5.74) is 0.448. The predicted molar refractivity (Wildman–Crippen MR) is 86.3 cm³/mol. The lowest BCUT2D eigenvalue weighted by Gasteiger charge is -2.22. The van der Waals surface area contributed by atoms with E-state index in [1.807, 2.05) is 0 Å². The van der Waals surface area contributed by atoms with Crippen LogP contribution < -0.4 is 16.0 Å². The molecule has 0 unspecified atom stereocenters. The number of hydrogen-bond acceptors (Lipinski definition) is 2. The van der Waals surface area contributed by atoms with Gasteiger partial charge in [0.05, 0.1) is 0 Å². The molecule has 1 aromatic rings. The van der Waals surface area contributed by atoms with E-state index in [1.165, 1.54) is 12.5 Å². The van der Waals surface area contributed by atoms with E-state index in [9.17, 15) is 14.0 Å². The molecular weight excluding hydrogens is 297 g/mol. The Morgan fingerprint density at radius 2 is 1.83 bits per heavy atom. The van der Waals surface area contributed by atoms with Crippen LogP contribution in [0.5, 0.6) is 0 Å². The van der Waals surface area contributed by atoms with Gasteiger partial charge in [0, 0.05) is 31.1 Å². The van der Waals surface area contributed by atoms with Crippen LogP contribution in [-0.4, -0.2) is 24.5 Å². The van der Waals surface area contributed by atoms with Crippen LogP contribution in [0.25, 0.3) is 0 Å².